The number of rotatable bonds is 20. The van der Waals surface area contributed by atoms with Crippen LogP contribution in [-0.4, -0.2) is 21.5 Å². The molecule has 0 radical (unpaired) electrons. The molecule has 0 bridgehead atoms. The van der Waals surface area contributed by atoms with Crippen molar-refractivity contribution < 1.29 is 0 Å². The Bertz CT molecular complexity index is 995. The highest BCUT2D eigenvalue weighted by Gasteiger charge is 2.18. The van der Waals surface area contributed by atoms with Gasteiger partial charge >= 0.3 is 0 Å². The van der Waals surface area contributed by atoms with E-state index >= 15 is 0 Å². The number of pyridine rings is 1. The van der Waals surface area contributed by atoms with Crippen molar-refractivity contribution in [1.82, 2.24) is 15.0 Å². The Balaban J connectivity index is 1.38. The molecule has 6 heteroatoms. The van der Waals surface area contributed by atoms with Crippen LogP contribution in [0.25, 0.3) is 0 Å². The Morgan fingerprint density at radius 1 is 0.684 bits per heavy atom. The summed E-state index contributed by atoms with van der Waals surface area (Å²) in [6.07, 6.45) is 22.4. The van der Waals surface area contributed by atoms with Gasteiger partial charge < -0.3 is 16.0 Å². The maximum Gasteiger partial charge on any atom is 0.163 e. The molecule has 0 saturated heterocycles. The van der Waals surface area contributed by atoms with Crippen LogP contribution in [0.5, 0.6) is 0 Å². The number of anilines is 4. The summed E-state index contributed by atoms with van der Waals surface area (Å²) < 4.78 is 0. The molecule has 0 aliphatic heterocycles. The van der Waals surface area contributed by atoms with E-state index < -0.39 is 0 Å². The summed E-state index contributed by atoms with van der Waals surface area (Å²) in [7, 11) is 0. The number of nitrogens with one attached hydrogen (secondary N) is 1. The van der Waals surface area contributed by atoms with Crippen LogP contribution in [-0.2, 0) is 6.54 Å². The summed E-state index contributed by atoms with van der Waals surface area (Å²) >= 11 is 0. The number of nitrogens with zero attached hydrogens (tertiary/aromatic N) is 4. The number of nitrogens with two attached hydrogens (primary N) is 1. The van der Waals surface area contributed by atoms with Gasteiger partial charge in [0, 0.05) is 12.7 Å². The third-order valence-corrected chi connectivity index (χ3v) is 7.05. The predicted octanol–water partition coefficient (Wildman–Crippen LogP) is 8.69. The molecule has 3 rings (SSSR count). The second-order valence-electron chi connectivity index (χ2n) is 10.2. The second-order valence-corrected chi connectivity index (χ2v) is 10.2. The SMILES string of the molecule is CCCCCCCCCCCCCCCCNc1ncnc(N(Cc2ccccc2)c2ccccn2)c1N. The van der Waals surface area contributed by atoms with Gasteiger partial charge in [0.25, 0.3) is 0 Å². The average molecular weight is 517 g/mol. The van der Waals surface area contributed by atoms with Gasteiger partial charge in [0.1, 0.15) is 17.8 Å². The van der Waals surface area contributed by atoms with Gasteiger partial charge in [-0.2, -0.15) is 0 Å². The fourth-order valence-corrected chi connectivity index (χ4v) is 4.81. The monoisotopic (exact) mass is 516 g/mol. The Kier molecular flexibility index (Phi) is 14.1. The van der Waals surface area contributed by atoms with E-state index in [-0.39, 0.29) is 0 Å². The number of benzene rings is 1. The van der Waals surface area contributed by atoms with Gasteiger partial charge in [0.05, 0.1) is 6.54 Å². The smallest absolute Gasteiger partial charge is 0.163 e. The fourth-order valence-electron chi connectivity index (χ4n) is 4.81. The standard InChI is InChI=1S/C32H48N6/c1-2-3-4-5-6-7-8-9-10-11-12-13-14-19-25-35-31-30(33)32(37-27-36-31)38(29-23-18-20-24-34-29)26-28-21-16-15-17-22-28/h15-18,20-24,27H,2-14,19,25-26,33H2,1H3,(H,35,36,37). The van der Waals surface area contributed by atoms with Crippen molar-refractivity contribution in [3.63, 3.8) is 0 Å². The highest BCUT2D eigenvalue weighted by molar-refractivity contribution is 5.78. The van der Waals surface area contributed by atoms with Crippen LogP contribution < -0.4 is 16.0 Å². The summed E-state index contributed by atoms with van der Waals surface area (Å²) in [5.74, 6) is 2.17. The predicted molar refractivity (Wildman–Crippen MR) is 162 cm³/mol. The van der Waals surface area contributed by atoms with Crippen LogP contribution in [0.1, 0.15) is 102 Å². The van der Waals surface area contributed by atoms with E-state index in [9.17, 15) is 0 Å². The van der Waals surface area contributed by atoms with Crippen molar-refractivity contribution in [3.8, 4) is 0 Å². The third kappa shape index (κ3) is 10.7. The van der Waals surface area contributed by atoms with Crippen molar-refractivity contribution in [3.05, 3.63) is 66.6 Å². The molecule has 3 aromatic rings. The van der Waals surface area contributed by atoms with E-state index in [1.807, 2.05) is 41.3 Å². The topological polar surface area (TPSA) is 80.0 Å². The lowest BCUT2D eigenvalue weighted by atomic mass is 10.0. The second kappa shape index (κ2) is 18.2. The van der Waals surface area contributed by atoms with Crippen LogP contribution in [0.3, 0.4) is 0 Å². The molecule has 0 aliphatic rings. The molecule has 0 spiro atoms. The molecule has 0 amide bonds. The van der Waals surface area contributed by atoms with Crippen molar-refractivity contribution in [1.29, 1.82) is 0 Å². The van der Waals surface area contributed by atoms with Crippen molar-refractivity contribution in [2.75, 3.05) is 22.5 Å². The minimum absolute atomic E-state index is 0.555. The summed E-state index contributed by atoms with van der Waals surface area (Å²) in [6.45, 7) is 3.77. The van der Waals surface area contributed by atoms with Crippen LogP contribution in [0.15, 0.2) is 61.1 Å². The molecule has 206 valence electrons. The van der Waals surface area contributed by atoms with Gasteiger partial charge in [-0.3, -0.25) is 0 Å². The van der Waals surface area contributed by atoms with Gasteiger partial charge in [-0.05, 0) is 24.1 Å². The molecule has 0 aliphatic carbocycles. The summed E-state index contributed by atoms with van der Waals surface area (Å²) in [5, 5.41) is 3.44. The minimum Gasteiger partial charge on any atom is -0.393 e. The van der Waals surface area contributed by atoms with Crippen molar-refractivity contribution in [2.45, 2.75) is 103 Å². The van der Waals surface area contributed by atoms with E-state index in [4.69, 9.17) is 5.73 Å². The van der Waals surface area contributed by atoms with Crippen LogP contribution in [0.4, 0.5) is 23.1 Å². The van der Waals surface area contributed by atoms with Gasteiger partial charge in [-0.25, -0.2) is 15.0 Å². The number of nitrogen functional groups attached to an aromatic ring is 1. The molecule has 0 fully saturated rings. The molecular formula is C32H48N6. The van der Waals surface area contributed by atoms with Crippen molar-refractivity contribution in [2.24, 2.45) is 0 Å². The highest BCUT2D eigenvalue weighted by Crippen LogP contribution is 2.32. The van der Waals surface area contributed by atoms with Crippen molar-refractivity contribution >= 4 is 23.1 Å². The Hall–Kier alpha value is -3.15. The van der Waals surface area contributed by atoms with Crippen LogP contribution in [0, 0.1) is 0 Å². The van der Waals surface area contributed by atoms with E-state index in [2.05, 4.69) is 39.3 Å². The molecule has 2 aromatic heterocycles. The van der Waals surface area contributed by atoms with E-state index in [1.165, 1.54) is 83.5 Å². The molecule has 3 N–H and O–H groups in total. The lowest BCUT2D eigenvalue weighted by molar-refractivity contribution is 0.537. The first-order valence-electron chi connectivity index (χ1n) is 14.9. The van der Waals surface area contributed by atoms with Gasteiger partial charge in [0.2, 0.25) is 0 Å². The zero-order chi connectivity index (χ0) is 26.7. The minimum atomic E-state index is 0.555. The summed E-state index contributed by atoms with van der Waals surface area (Å²) in [6, 6.07) is 16.2. The van der Waals surface area contributed by atoms with E-state index in [1.54, 1.807) is 12.5 Å². The first-order valence-corrected chi connectivity index (χ1v) is 14.9. The molecule has 0 atom stereocenters. The van der Waals surface area contributed by atoms with E-state index in [0.717, 1.165) is 24.3 Å². The average Bonchev–Trinajstić information content (AvgIpc) is 2.96. The molecule has 6 nitrogen and oxygen atoms in total. The molecule has 38 heavy (non-hydrogen) atoms. The largest absolute Gasteiger partial charge is 0.393 e. The Labute approximate surface area is 230 Å². The molecule has 0 saturated carbocycles. The number of hydrogen-bond donors (Lipinski definition) is 2. The first kappa shape index (κ1) is 29.4. The number of unbranched alkanes of at least 4 members (excludes halogenated alkanes) is 13. The maximum atomic E-state index is 6.58. The number of hydrogen-bond acceptors (Lipinski definition) is 6. The Morgan fingerprint density at radius 3 is 1.89 bits per heavy atom. The molecule has 1 aromatic carbocycles. The zero-order valence-corrected chi connectivity index (χ0v) is 23.5. The summed E-state index contributed by atoms with van der Waals surface area (Å²) in [5.41, 5.74) is 8.29. The summed E-state index contributed by atoms with van der Waals surface area (Å²) in [4.78, 5) is 15.6. The van der Waals surface area contributed by atoms with E-state index in [0.29, 0.717) is 23.9 Å². The van der Waals surface area contributed by atoms with Gasteiger partial charge in [0.15, 0.2) is 11.6 Å². The third-order valence-electron chi connectivity index (χ3n) is 7.05. The van der Waals surface area contributed by atoms with Gasteiger partial charge in [-0.1, -0.05) is 127 Å². The maximum absolute atomic E-state index is 6.58. The lowest BCUT2D eigenvalue weighted by Crippen LogP contribution is -2.21. The molecular weight excluding hydrogens is 468 g/mol. The quantitative estimate of drug-likeness (QED) is 0.146. The highest BCUT2D eigenvalue weighted by atomic mass is 15.3. The lowest BCUT2D eigenvalue weighted by Gasteiger charge is -2.25. The number of aromatic nitrogens is 3. The zero-order valence-electron chi connectivity index (χ0n) is 23.5. The molecule has 0 unspecified atom stereocenters. The Morgan fingerprint density at radius 2 is 1.29 bits per heavy atom. The van der Waals surface area contributed by atoms with Crippen LogP contribution in [0.2, 0.25) is 0 Å². The fraction of sp³-hybridized carbons (Fsp3) is 0.531. The molecule has 2 heterocycles. The first-order chi connectivity index (χ1) is 18.8. The normalized spacial score (nSPS) is 11.0. The van der Waals surface area contributed by atoms with Gasteiger partial charge in [-0.15, -0.1) is 0 Å². The van der Waals surface area contributed by atoms with Crippen LogP contribution >= 0.6 is 0 Å².